The molecule has 2 aromatic carbocycles. The fraction of sp³-hybridized carbons (Fsp3) is 0. The van der Waals surface area contributed by atoms with E-state index in [4.69, 9.17) is 11.6 Å². The molecule has 1 amide bonds. The van der Waals surface area contributed by atoms with Crippen molar-refractivity contribution in [3.63, 3.8) is 0 Å². The predicted molar refractivity (Wildman–Crippen MR) is 86.2 cm³/mol. The highest BCUT2D eigenvalue weighted by atomic mass is 127. The second-order valence-electron chi connectivity index (χ2n) is 3.71. The highest BCUT2D eigenvalue weighted by molar-refractivity contribution is 14.1. The third-order valence-electron chi connectivity index (χ3n) is 2.36. The first-order chi connectivity index (χ1) is 8.97. The summed E-state index contributed by atoms with van der Waals surface area (Å²) >= 11 is 11.1. The summed E-state index contributed by atoms with van der Waals surface area (Å²) in [6, 6.07) is 9.31. The third kappa shape index (κ3) is 3.67. The van der Waals surface area contributed by atoms with Crippen LogP contribution < -0.4 is 5.32 Å². The zero-order valence-electron chi connectivity index (χ0n) is 9.38. The normalized spacial score (nSPS) is 10.3. The van der Waals surface area contributed by atoms with E-state index in [1.807, 2.05) is 0 Å². The molecule has 0 unspecified atom stereocenters. The Hall–Kier alpha value is -0.660. The second-order valence-corrected chi connectivity index (χ2v) is 6.14. The smallest absolute Gasteiger partial charge is 0.255 e. The maximum atomic E-state index is 13.1. The first-order valence-corrected chi connectivity index (χ1v) is 7.44. The molecule has 6 heteroatoms. The summed E-state index contributed by atoms with van der Waals surface area (Å²) in [6.07, 6.45) is 0. The standard InChI is InChI=1S/C13H7BrClFINO/c14-9-6-8(2-3-11(9)16)18-13(19)7-1-4-12(17)10(15)5-7/h1-6H,(H,18,19). The lowest BCUT2D eigenvalue weighted by Gasteiger charge is -2.07. The van der Waals surface area contributed by atoms with Gasteiger partial charge in [0.1, 0.15) is 5.82 Å². The molecular formula is C13H7BrClFINO. The van der Waals surface area contributed by atoms with E-state index in [1.165, 1.54) is 18.2 Å². The van der Waals surface area contributed by atoms with Gasteiger partial charge in [-0.15, -0.1) is 0 Å². The van der Waals surface area contributed by atoms with Gasteiger partial charge in [-0.25, -0.2) is 4.39 Å². The molecule has 98 valence electrons. The molecule has 0 aliphatic rings. The van der Waals surface area contributed by atoms with Crippen LogP contribution in [0.2, 0.25) is 5.02 Å². The van der Waals surface area contributed by atoms with Crippen LogP contribution in [0.4, 0.5) is 10.1 Å². The van der Waals surface area contributed by atoms with Crippen molar-refractivity contribution in [2.75, 3.05) is 5.32 Å². The zero-order valence-corrected chi connectivity index (χ0v) is 13.9. The van der Waals surface area contributed by atoms with Crippen molar-refractivity contribution in [1.29, 1.82) is 0 Å². The lowest BCUT2D eigenvalue weighted by atomic mass is 10.2. The van der Waals surface area contributed by atoms with Gasteiger partial charge in [-0.3, -0.25) is 4.79 Å². The number of benzene rings is 2. The Kier molecular flexibility index (Phi) is 4.81. The molecule has 19 heavy (non-hydrogen) atoms. The van der Waals surface area contributed by atoms with Crippen molar-refractivity contribution >= 4 is 61.7 Å². The highest BCUT2D eigenvalue weighted by Gasteiger charge is 2.09. The molecule has 2 rings (SSSR count). The van der Waals surface area contributed by atoms with Crippen molar-refractivity contribution in [1.82, 2.24) is 0 Å². The molecule has 0 saturated heterocycles. The highest BCUT2D eigenvalue weighted by Crippen LogP contribution is 2.22. The molecule has 0 fully saturated rings. The van der Waals surface area contributed by atoms with Gasteiger partial charge in [0.2, 0.25) is 0 Å². The quantitative estimate of drug-likeness (QED) is 0.629. The summed E-state index contributed by atoms with van der Waals surface area (Å²) < 4.78 is 14.3. The van der Waals surface area contributed by atoms with Crippen LogP contribution in [0.25, 0.3) is 0 Å². The average Bonchev–Trinajstić information content (AvgIpc) is 2.37. The van der Waals surface area contributed by atoms with Crippen molar-refractivity contribution < 1.29 is 9.18 Å². The maximum absolute atomic E-state index is 13.1. The Labute approximate surface area is 136 Å². The molecule has 0 saturated carbocycles. The van der Waals surface area contributed by atoms with Gasteiger partial charge in [0.05, 0.1) is 9.50 Å². The Morgan fingerprint density at radius 3 is 2.63 bits per heavy atom. The van der Waals surface area contributed by atoms with E-state index in [0.29, 0.717) is 20.7 Å². The van der Waals surface area contributed by atoms with Crippen molar-refractivity contribution in [2.45, 2.75) is 0 Å². The van der Waals surface area contributed by atoms with E-state index in [9.17, 15) is 9.18 Å². The average molecular weight is 454 g/mol. The van der Waals surface area contributed by atoms with Crippen LogP contribution in [0.3, 0.4) is 0 Å². The number of hydrogen-bond donors (Lipinski definition) is 1. The first-order valence-electron chi connectivity index (χ1n) is 5.19. The first kappa shape index (κ1) is 14.7. The molecule has 0 atom stereocenters. The molecule has 0 heterocycles. The Balaban J connectivity index is 2.20. The lowest BCUT2D eigenvalue weighted by Crippen LogP contribution is -2.12. The Morgan fingerprint density at radius 1 is 1.26 bits per heavy atom. The van der Waals surface area contributed by atoms with Gasteiger partial charge in [0, 0.05) is 14.8 Å². The van der Waals surface area contributed by atoms with Crippen LogP contribution in [0, 0.1) is 9.39 Å². The number of amides is 1. The summed E-state index contributed by atoms with van der Waals surface area (Å²) in [7, 11) is 0. The Bertz CT molecular complexity index is 651. The number of rotatable bonds is 2. The molecule has 0 aromatic heterocycles. The Morgan fingerprint density at radius 2 is 2.00 bits per heavy atom. The van der Waals surface area contributed by atoms with Crippen LogP contribution in [0.15, 0.2) is 40.9 Å². The number of carbonyl (C=O) groups is 1. The SMILES string of the molecule is O=C(Nc1ccc(F)c(Br)c1)c1ccc(I)c(Cl)c1. The minimum Gasteiger partial charge on any atom is -0.322 e. The number of carbonyl (C=O) groups excluding carboxylic acids is 1. The van der Waals surface area contributed by atoms with Crippen molar-refractivity contribution in [3.8, 4) is 0 Å². The van der Waals surface area contributed by atoms with E-state index in [2.05, 4.69) is 43.8 Å². The largest absolute Gasteiger partial charge is 0.322 e. The van der Waals surface area contributed by atoms with Crippen LogP contribution in [0.5, 0.6) is 0 Å². The molecule has 0 bridgehead atoms. The van der Waals surface area contributed by atoms with Crippen LogP contribution in [-0.2, 0) is 0 Å². The van der Waals surface area contributed by atoms with E-state index >= 15 is 0 Å². The zero-order chi connectivity index (χ0) is 14.0. The minimum absolute atomic E-state index is 0.295. The van der Waals surface area contributed by atoms with Gasteiger partial charge in [-0.1, -0.05) is 11.6 Å². The van der Waals surface area contributed by atoms with Gasteiger partial charge in [0.15, 0.2) is 0 Å². The number of anilines is 1. The maximum Gasteiger partial charge on any atom is 0.255 e. The van der Waals surface area contributed by atoms with E-state index in [1.54, 1.807) is 18.2 Å². The molecule has 0 aliphatic carbocycles. The van der Waals surface area contributed by atoms with Crippen LogP contribution in [-0.4, -0.2) is 5.91 Å². The van der Waals surface area contributed by atoms with Gasteiger partial charge in [-0.2, -0.15) is 0 Å². The second kappa shape index (κ2) is 6.19. The fourth-order valence-electron chi connectivity index (χ4n) is 1.41. The molecule has 2 aromatic rings. The van der Waals surface area contributed by atoms with E-state index in [0.717, 1.165) is 3.57 Å². The van der Waals surface area contributed by atoms with Gasteiger partial charge in [0.25, 0.3) is 5.91 Å². The van der Waals surface area contributed by atoms with Gasteiger partial charge in [-0.05, 0) is 74.9 Å². The molecule has 1 N–H and O–H groups in total. The number of nitrogens with one attached hydrogen (secondary N) is 1. The van der Waals surface area contributed by atoms with Crippen molar-refractivity contribution in [2.24, 2.45) is 0 Å². The monoisotopic (exact) mass is 453 g/mol. The summed E-state index contributed by atoms with van der Waals surface area (Å²) in [5.41, 5.74) is 0.957. The summed E-state index contributed by atoms with van der Waals surface area (Å²) in [5, 5.41) is 3.20. The van der Waals surface area contributed by atoms with E-state index < -0.39 is 0 Å². The number of halogens is 4. The van der Waals surface area contributed by atoms with Gasteiger partial charge < -0.3 is 5.32 Å². The van der Waals surface area contributed by atoms with Crippen molar-refractivity contribution in [3.05, 3.63) is 60.8 Å². The lowest BCUT2D eigenvalue weighted by molar-refractivity contribution is 0.102. The summed E-state index contributed by atoms with van der Waals surface area (Å²) in [5.74, 6) is -0.674. The van der Waals surface area contributed by atoms with E-state index in [-0.39, 0.29) is 11.7 Å². The van der Waals surface area contributed by atoms with Gasteiger partial charge >= 0.3 is 0 Å². The molecule has 0 aliphatic heterocycles. The topological polar surface area (TPSA) is 29.1 Å². The molecule has 0 spiro atoms. The molecular weight excluding hydrogens is 447 g/mol. The van der Waals surface area contributed by atoms with Crippen LogP contribution in [0.1, 0.15) is 10.4 Å². The number of hydrogen-bond acceptors (Lipinski definition) is 1. The predicted octanol–water partition coefficient (Wildman–Crippen LogP) is 5.10. The van der Waals surface area contributed by atoms with Crippen LogP contribution >= 0.6 is 50.1 Å². The third-order valence-corrected chi connectivity index (χ3v) is 4.54. The molecule has 0 radical (unpaired) electrons. The summed E-state index contributed by atoms with van der Waals surface area (Å²) in [4.78, 5) is 12.0. The summed E-state index contributed by atoms with van der Waals surface area (Å²) in [6.45, 7) is 0. The minimum atomic E-state index is -0.379. The fourth-order valence-corrected chi connectivity index (χ4v) is 2.31. The molecule has 2 nitrogen and oxygen atoms in total.